The van der Waals surface area contributed by atoms with Gasteiger partial charge in [0, 0.05) is 16.8 Å². The molecular formula is C26H25ClN2O3. The number of carbonyl (C=O) groups excluding carboxylic acids is 1. The van der Waals surface area contributed by atoms with Gasteiger partial charge >= 0.3 is 0 Å². The van der Waals surface area contributed by atoms with Crippen molar-refractivity contribution in [1.82, 2.24) is 4.98 Å². The third-order valence-corrected chi connectivity index (χ3v) is 5.77. The van der Waals surface area contributed by atoms with Gasteiger partial charge < -0.3 is 14.5 Å². The molecule has 0 unspecified atom stereocenters. The molecule has 0 spiro atoms. The number of anilines is 1. The Kier molecular flexibility index (Phi) is 6.47. The van der Waals surface area contributed by atoms with Crippen LogP contribution in [0.3, 0.4) is 0 Å². The van der Waals surface area contributed by atoms with E-state index in [1.54, 1.807) is 18.2 Å². The lowest BCUT2D eigenvalue weighted by Crippen LogP contribution is -2.11. The zero-order valence-corrected chi connectivity index (χ0v) is 19.1. The van der Waals surface area contributed by atoms with E-state index in [2.05, 4.69) is 36.3 Å². The van der Waals surface area contributed by atoms with Crippen molar-refractivity contribution >= 4 is 34.3 Å². The number of rotatable bonds is 7. The monoisotopic (exact) mass is 448 g/mol. The van der Waals surface area contributed by atoms with Crippen LogP contribution in [-0.4, -0.2) is 17.5 Å². The lowest BCUT2D eigenvalue weighted by Gasteiger charge is -2.09. The van der Waals surface area contributed by atoms with Crippen molar-refractivity contribution in [3.63, 3.8) is 0 Å². The molecule has 0 bridgehead atoms. The summed E-state index contributed by atoms with van der Waals surface area (Å²) in [4.78, 5) is 17.2. The topological polar surface area (TPSA) is 64.4 Å². The second-order valence-corrected chi connectivity index (χ2v) is 8.07. The first-order valence-corrected chi connectivity index (χ1v) is 11.1. The van der Waals surface area contributed by atoms with E-state index >= 15 is 0 Å². The van der Waals surface area contributed by atoms with Gasteiger partial charge in [0.25, 0.3) is 5.91 Å². The first-order valence-electron chi connectivity index (χ1n) is 10.7. The average Bonchev–Trinajstić information content (AvgIpc) is 3.23. The number of benzene rings is 3. The summed E-state index contributed by atoms with van der Waals surface area (Å²) in [5, 5.41) is 3.28. The molecule has 0 aliphatic rings. The van der Waals surface area contributed by atoms with Gasteiger partial charge in [0.2, 0.25) is 5.89 Å². The number of halogens is 1. The fourth-order valence-corrected chi connectivity index (χ4v) is 3.66. The fraction of sp³-hybridized carbons (Fsp3) is 0.231. The highest BCUT2D eigenvalue weighted by Crippen LogP contribution is 2.29. The van der Waals surface area contributed by atoms with Crippen molar-refractivity contribution in [1.29, 1.82) is 0 Å². The van der Waals surface area contributed by atoms with E-state index in [1.807, 2.05) is 37.3 Å². The molecule has 1 heterocycles. The Bertz CT molecular complexity index is 1250. The zero-order valence-electron chi connectivity index (χ0n) is 18.3. The summed E-state index contributed by atoms with van der Waals surface area (Å²) in [6.45, 7) is 6.77. The number of oxazole rings is 1. The number of carbonyl (C=O) groups is 1. The van der Waals surface area contributed by atoms with Crippen molar-refractivity contribution in [3.8, 4) is 17.2 Å². The smallest absolute Gasteiger partial charge is 0.255 e. The van der Waals surface area contributed by atoms with E-state index in [4.69, 9.17) is 20.8 Å². The summed E-state index contributed by atoms with van der Waals surface area (Å²) in [6, 6.07) is 18.5. The number of amides is 1. The Balaban J connectivity index is 1.49. The Morgan fingerprint density at radius 3 is 2.56 bits per heavy atom. The van der Waals surface area contributed by atoms with Gasteiger partial charge in [0.1, 0.15) is 11.3 Å². The van der Waals surface area contributed by atoms with Crippen LogP contribution in [0.5, 0.6) is 5.75 Å². The van der Waals surface area contributed by atoms with Crippen LogP contribution < -0.4 is 10.1 Å². The molecule has 0 aliphatic heterocycles. The number of hydrogen-bond acceptors (Lipinski definition) is 4. The van der Waals surface area contributed by atoms with Crippen molar-refractivity contribution in [2.75, 3.05) is 11.9 Å². The molecule has 0 radical (unpaired) electrons. The molecule has 0 saturated carbocycles. The molecule has 32 heavy (non-hydrogen) atoms. The van der Waals surface area contributed by atoms with E-state index in [1.165, 1.54) is 5.56 Å². The molecule has 1 amide bonds. The van der Waals surface area contributed by atoms with Crippen LogP contribution in [-0.2, 0) is 0 Å². The molecule has 1 atom stereocenters. The largest absolute Gasteiger partial charge is 0.492 e. The van der Waals surface area contributed by atoms with Crippen LogP contribution in [0.4, 0.5) is 5.69 Å². The lowest BCUT2D eigenvalue weighted by atomic mass is 9.98. The molecule has 0 aliphatic carbocycles. The van der Waals surface area contributed by atoms with E-state index in [-0.39, 0.29) is 5.91 Å². The molecule has 0 fully saturated rings. The SMILES string of the molecule is CCOc1ccc(C(=O)Nc2ccc(-c3nc4cc([C@@H](C)CC)ccc4o3)cc2)cc1Cl. The van der Waals surface area contributed by atoms with E-state index in [0.717, 1.165) is 23.1 Å². The first-order chi connectivity index (χ1) is 15.5. The van der Waals surface area contributed by atoms with Crippen molar-refractivity contribution in [2.24, 2.45) is 0 Å². The maximum absolute atomic E-state index is 12.6. The highest BCUT2D eigenvalue weighted by Gasteiger charge is 2.13. The highest BCUT2D eigenvalue weighted by molar-refractivity contribution is 6.32. The summed E-state index contributed by atoms with van der Waals surface area (Å²) in [5.74, 6) is 1.34. The van der Waals surface area contributed by atoms with Gasteiger partial charge in [-0.05, 0) is 79.4 Å². The maximum Gasteiger partial charge on any atom is 0.255 e. The Labute approximate surface area is 192 Å². The Morgan fingerprint density at radius 1 is 1.09 bits per heavy atom. The van der Waals surface area contributed by atoms with E-state index in [9.17, 15) is 4.79 Å². The predicted octanol–water partition coefficient (Wildman–Crippen LogP) is 7.31. The van der Waals surface area contributed by atoms with Crippen molar-refractivity contribution < 1.29 is 13.9 Å². The van der Waals surface area contributed by atoms with Crippen LogP contribution in [0.15, 0.2) is 65.1 Å². The summed E-state index contributed by atoms with van der Waals surface area (Å²) < 4.78 is 11.3. The second kappa shape index (κ2) is 9.45. The molecule has 1 aromatic heterocycles. The van der Waals surface area contributed by atoms with E-state index in [0.29, 0.717) is 40.4 Å². The number of nitrogens with zero attached hydrogens (tertiary/aromatic N) is 1. The number of fused-ring (bicyclic) bond motifs is 1. The van der Waals surface area contributed by atoms with Gasteiger partial charge in [-0.25, -0.2) is 4.98 Å². The Morgan fingerprint density at radius 2 is 1.88 bits per heavy atom. The molecule has 164 valence electrons. The van der Waals surface area contributed by atoms with Gasteiger partial charge in [0.15, 0.2) is 5.58 Å². The van der Waals surface area contributed by atoms with Crippen LogP contribution >= 0.6 is 11.6 Å². The summed E-state index contributed by atoms with van der Waals surface area (Å²) >= 11 is 6.19. The molecule has 6 heteroatoms. The molecule has 3 aromatic carbocycles. The second-order valence-electron chi connectivity index (χ2n) is 7.67. The first kappa shape index (κ1) is 21.9. The number of aromatic nitrogens is 1. The minimum atomic E-state index is -0.248. The fourth-order valence-electron chi connectivity index (χ4n) is 3.42. The van der Waals surface area contributed by atoms with Crippen LogP contribution in [0, 0.1) is 0 Å². The minimum Gasteiger partial charge on any atom is -0.492 e. The quantitative estimate of drug-likeness (QED) is 0.322. The molecule has 1 N–H and O–H groups in total. The highest BCUT2D eigenvalue weighted by atomic mass is 35.5. The summed E-state index contributed by atoms with van der Waals surface area (Å²) in [6.07, 6.45) is 1.08. The number of ether oxygens (including phenoxy) is 1. The van der Waals surface area contributed by atoms with Crippen LogP contribution in [0.25, 0.3) is 22.6 Å². The van der Waals surface area contributed by atoms with Crippen molar-refractivity contribution in [2.45, 2.75) is 33.1 Å². The standard InChI is InChI=1S/C26H25ClN2O3/c1-4-16(3)18-8-13-24-22(15-18)29-26(32-24)17-6-10-20(11-7-17)28-25(30)19-9-12-23(31-5-2)21(27)14-19/h6-16H,4-5H2,1-3H3,(H,28,30)/t16-/m0/s1. The summed E-state index contributed by atoms with van der Waals surface area (Å²) in [7, 11) is 0. The summed E-state index contributed by atoms with van der Waals surface area (Å²) in [5.41, 5.74) is 4.83. The Hall–Kier alpha value is -3.31. The average molecular weight is 449 g/mol. The van der Waals surface area contributed by atoms with Gasteiger partial charge in [-0.3, -0.25) is 4.79 Å². The van der Waals surface area contributed by atoms with Crippen LogP contribution in [0.2, 0.25) is 5.02 Å². The molecule has 4 aromatic rings. The third-order valence-electron chi connectivity index (χ3n) is 5.48. The molecule has 4 rings (SSSR count). The van der Waals surface area contributed by atoms with Gasteiger partial charge in [-0.15, -0.1) is 0 Å². The molecule has 0 saturated heterocycles. The van der Waals surface area contributed by atoms with Gasteiger partial charge in [0.05, 0.1) is 11.6 Å². The van der Waals surface area contributed by atoms with Crippen LogP contribution in [0.1, 0.15) is 49.0 Å². The minimum absolute atomic E-state index is 0.248. The van der Waals surface area contributed by atoms with Gasteiger partial charge in [-0.1, -0.05) is 31.5 Å². The van der Waals surface area contributed by atoms with E-state index < -0.39 is 0 Å². The predicted molar refractivity (Wildman–Crippen MR) is 129 cm³/mol. The van der Waals surface area contributed by atoms with Gasteiger partial charge in [-0.2, -0.15) is 0 Å². The van der Waals surface area contributed by atoms with Crippen molar-refractivity contribution in [3.05, 3.63) is 76.8 Å². The number of hydrogen-bond donors (Lipinski definition) is 1. The third kappa shape index (κ3) is 4.63. The zero-order chi connectivity index (χ0) is 22.7. The normalized spacial score (nSPS) is 12.0. The maximum atomic E-state index is 12.6. The lowest BCUT2D eigenvalue weighted by molar-refractivity contribution is 0.102. The molecular weight excluding hydrogens is 424 g/mol. The molecule has 5 nitrogen and oxygen atoms in total. The number of nitrogens with one attached hydrogen (secondary N) is 1.